The van der Waals surface area contributed by atoms with Crippen LogP contribution >= 0.6 is 20.2 Å². The zero-order chi connectivity index (χ0) is 35.6. The van der Waals surface area contributed by atoms with Gasteiger partial charge in [-0.05, 0) is 78.3 Å². The number of aliphatic imine (C=N–C) groups is 1. The van der Waals surface area contributed by atoms with E-state index in [1.54, 1.807) is 38.5 Å². The number of nitrogens with two attached hydrogens (primary N) is 1. The van der Waals surface area contributed by atoms with Gasteiger partial charge < -0.3 is 24.8 Å². The third-order valence-electron chi connectivity index (χ3n) is 6.70. The minimum Gasteiger partial charge on any atom is -0.482 e. The van der Waals surface area contributed by atoms with Gasteiger partial charge in [0.2, 0.25) is 0 Å². The Bertz CT molecular complexity index is 1670. The number of anilines is 1. The molecule has 2 aromatic heterocycles. The van der Waals surface area contributed by atoms with Gasteiger partial charge >= 0.3 is 8.60 Å². The van der Waals surface area contributed by atoms with Crippen molar-refractivity contribution in [3.63, 3.8) is 0 Å². The number of benzene rings is 1. The molecule has 250 valence electrons. The van der Waals surface area contributed by atoms with E-state index < -0.39 is 36.8 Å². The van der Waals surface area contributed by atoms with Gasteiger partial charge in [0.05, 0.1) is 40.4 Å². The topological polar surface area (TPSA) is 118 Å². The van der Waals surface area contributed by atoms with Crippen LogP contribution < -0.4 is 15.8 Å². The maximum Gasteiger partial charge on any atom is 0.335 e. The van der Waals surface area contributed by atoms with Crippen LogP contribution in [0, 0.1) is 5.82 Å². The predicted octanol–water partition coefficient (Wildman–Crippen LogP) is 6.63. The summed E-state index contributed by atoms with van der Waals surface area (Å²) in [5, 5.41) is 6.26. The van der Waals surface area contributed by atoms with Crippen molar-refractivity contribution in [2.75, 3.05) is 19.1 Å². The normalized spacial score (nSPS) is 17.4. The van der Waals surface area contributed by atoms with Gasteiger partial charge in [-0.2, -0.15) is 5.10 Å². The van der Waals surface area contributed by atoms with Crippen molar-refractivity contribution >= 4 is 61.5 Å². The molecule has 0 aliphatic carbocycles. The first kappa shape index (κ1) is 37.9. The molecule has 0 saturated carbocycles. The highest BCUT2D eigenvalue weighted by atomic mass is 35.5. The van der Waals surface area contributed by atoms with Gasteiger partial charge in [0, 0.05) is 60.4 Å². The second-order valence-electron chi connectivity index (χ2n) is 13.5. The van der Waals surface area contributed by atoms with Crippen molar-refractivity contribution in [3.05, 3.63) is 63.7 Å². The molecule has 0 spiro atoms. The number of hydrogen-bond donors (Lipinski definition) is 2. The molecule has 2 bridgehead atoms. The lowest BCUT2D eigenvalue weighted by Gasteiger charge is -2.30. The van der Waals surface area contributed by atoms with E-state index in [9.17, 15) is 4.39 Å². The molecule has 0 unspecified atom stereocenters. The van der Waals surface area contributed by atoms with E-state index in [1.165, 1.54) is 16.8 Å². The lowest BCUT2D eigenvalue weighted by atomic mass is 9.43. The van der Waals surface area contributed by atoms with Gasteiger partial charge in [0.1, 0.15) is 18.7 Å². The maximum atomic E-state index is 14.7. The summed E-state index contributed by atoms with van der Waals surface area (Å²) < 4.78 is 40.9. The van der Waals surface area contributed by atoms with Crippen LogP contribution in [0.15, 0.2) is 41.0 Å². The first-order valence-electron chi connectivity index (χ1n) is 15.3. The van der Waals surface area contributed by atoms with Crippen LogP contribution in [0.2, 0.25) is 10.3 Å². The first-order valence-corrected chi connectivity index (χ1v) is 16.8. The predicted molar refractivity (Wildman–Crippen MR) is 193 cm³/mol. The smallest absolute Gasteiger partial charge is 0.335 e. The molecule has 1 aromatic carbocycles. The van der Waals surface area contributed by atoms with Crippen molar-refractivity contribution in [1.82, 2.24) is 14.8 Å². The number of aromatic nitrogens is 3. The van der Waals surface area contributed by atoms with Crippen molar-refractivity contribution in [2.24, 2.45) is 10.7 Å². The summed E-state index contributed by atoms with van der Waals surface area (Å²) in [6.07, 6.45) is 2.78. The summed E-state index contributed by atoms with van der Waals surface area (Å²) in [4.78, 5) is 8.92. The molecule has 4 rings (SSSR count). The zero-order valence-corrected chi connectivity index (χ0v) is 30.2. The van der Waals surface area contributed by atoms with Crippen LogP contribution in [0.4, 0.5) is 10.2 Å². The zero-order valence-electron chi connectivity index (χ0n) is 28.6. The quantitative estimate of drug-likeness (QED) is 0.111. The van der Waals surface area contributed by atoms with Gasteiger partial charge in [-0.3, -0.25) is 14.2 Å². The highest BCUT2D eigenvalue weighted by molar-refractivity contribution is 7.41. The Morgan fingerprint density at radius 2 is 1.83 bits per heavy atom. The molecule has 1 atom stereocenters. The van der Waals surface area contributed by atoms with Gasteiger partial charge in [-0.15, -0.1) is 5.11 Å². The standard InChI is InChI=1S/C32H40B3ClFN6O4P/c1-18-23-13-21(37)9-10-22(23)26(38)19(14-39-8)11-24-27(43(42-28(24)36)16-32(33,34)35)20-12-25(45-18)29(40-15-20)41-17-44-48(46-30(2,3)4)47-31(5,6)7/h9-10,12-15,18H,11,16-17,38H2,1-8H3,(H,40,41)/b26-19-,39-14?/t18-/m1/s1. The van der Waals surface area contributed by atoms with Gasteiger partial charge in [-0.25, -0.2) is 9.37 Å². The van der Waals surface area contributed by atoms with Crippen LogP contribution in [0.25, 0.3) is 17.0 Å². The molecule has 1 aliphatic rings. The van der Waals surface area contributed by atoms with Crippen LogP contribution in [0.3, 0.4) is 0 Å². The maximum absolute atomic E-state index is 14.7. The number of ether oxygens (including phenoxy) is 1. The molecule has 3 aromatic rings. The molecule has 0 saturated heterocycles. The van der Waals surface area contributed by atoms with E-state index >= 15 is 0 Å². The SMILES string of the molecule is [B]C([B])([B])Cn1nc(Cl)c2c1-c1cnc(NCOP(OC(C)(C)C)OC(C)(C)C)c(c1)O[C@H](C)c1cc(F)ccc1/C(N)=C(/C=NC)C2. The second-order valence-corrected chi connectivity index (χ2v) is 15.0. The Labute approximate surface area is 292 Å². The average molecular weight is 691 g/mol. The van der Waals surface area contributed by atoms with E-state index in [4.69, 9.17) is 64.2 Å². The molecular formula is C32H40B3ClFN6O4P. The van der Waals surface area contributed by atoms with Crippen molar-refractivity contribution in [1.29, 1.82) is 0 Å². The molecule has 10 nitrogen and oxygen atoms in total. The fourth-order valence-electron chi connectivity index (χ4n) is 4.89. The summed E-state index contributed by atoms with van der Waals surface area (Å²) in [5.41, 5.74) is 9.56. The van der Waals surface area contributed by atoms with Gasteiger partial charge in [0.15, 0.2) is 16.7 Å². The van der Waals surface area contributed by atoms with Crippen LogP contribution in [-0.2, 0) is 26.5 Å². The Hall–Kier alpha value is -2.89. The lowest BCUT2D eigenvalue weighted by Crippen LogP contribution is -2.23. The number of halogens is 2. The monoisotopic (exact) mass is 690 g/mol. The molecule has 16 heteroatoms. The number of hydrogen-bond acceptors (Lipinski definition) is 9. The largest absolute Gasteiger partial charge is 0.482 e. The van der Waals surface area contributed by atoms with Crippen molar-refractivity contribution < 1.29 is 22.7 Å². The number of nitrogens with one attached hydrogen (secondary N) is 1. The Balaban J connectivity index is 1.86. The number of allylic oxidation sites excluding steroid dienone is 1. The first-order chi connectivity index (χ1) is 22.2. The third kappa shape index (κ3) is 10.1. The van der Waals surface area contributed by atoms with Crippen molar-refractivity contribution in [2.45, 2.75) is 83.9 Å². The Morgan fingerprint density at radius 1 is 1.17 bits per heavy atom. The van der Waals surface area contributed by atoms with Gasteiger partial charge in [0.25, 0.3) is 0 Å². The van der Waals surface area contributed by atoms with Gasteiger partial charge in [-0.1, -0.05) is 11.6 Å². The number of pyridine rings is 1. The minimum absolute atomic E-state index is 0.0272. The van der Waals surface area contributed by atoms with E-state index in [2.05, 4.69) is 15.4 Å². The molecule has 0 amide bonds. The molecular weight excluding hydrogens is 650 g/mol. The lowest BCUT2D eigenvalue weighted by molar-refractivity contribution is 0.0350. The summed E-state index contributed by atoms with van der Waals surface area (Å²) in [5.74, 6) is 0.221. The second kappa shape index (κ2) is 14.9. The highest BCUT2D eigenvalue weighted by Crippen LogP contribution is 2.47. The van der Waals surface area contributed by atoms with E-state index in [0.717, 1.165) is 0 Å². The molecule has 48 heavy (non-hydrogen) atoms. The molecule has 6 radical (unpaired) electrons. The van der Waals surface area contributed by atoms with E-state index in [0.29, 0.717) is 50.8 Å². The molecule has 3 N–H and O–H groups in total. The summed E-state index contributed by atoms with van der Waals surface area (Å²) in [6.45, 7) is 13.2. The fraction of sp³-hybridized carbons (Fsp3) is 0.469. The van der Waals surface area contributed by atoms with E-state index in [-0.39, 0.29) is 24.8 Å². The van der Waals surface area contributed by atoms with Crippen molar-refractivity contribution in [3.8, 4) is 17.0 Å². The summed E-state index contributed by atoms with van der Waals surface area (Å²) >= 11 is 6.76. The molecule has 3 heterocycles. The molecule has 1 aliphatic heterocycles. The number of nitrogens with zero attached hydrogens (tertiary/aromatic N) is 4. The average Bonchev–Trinajstić information content (AvgIpc) is 3.23. The van der Waals surface area contributed by atoms with Crippen LogP contribution in [0.5, 0.6) is 5.75 Å². The number of rotatable bonds is 9. The Morgan fingerprint density at radius 3 is 2.44 bits per heavy atom. The van der Waals surface area contributed by atoms with Crippen LogP contribution in [0.1, 0.15) is 71.3 Å². The molecule has 0 fully saturated rings. The fourth-order valence-corrected chi connectivity index (χ4v) is 6.35. The van der Waals surface area contributed by atoms with E-state index in [1.807, 2.05) is 41.5 Å². The third-order valence-corrected chi connectivity index (χ3v) is 8.74. The minimum atomic E-state index is -1.74. The summed E-state index contributed by atoms with van der Waals surface area (Å²) in [6, 6.07) is 6.12. The Kier molecular flexibility index (Phi) is 11.8. The van der Waals surface area contributed by atoms with Crippen LogP contribution in [-0.4, -0.2) is 69.5 Å². The summed E-state index contributed by atoms with van der Waals surface area (Å²) in [7, 11) is 17.9. The number of fused-ring (bicyclic) bond motifs is 5. The highest BCUT2D eigenvalue weighted by Gasteiger charge is 2.29.